The molecule has 0 saturated carbocycles. The summed E-state index contributed by atoms with van der Waals surface area (Å²) < 4.78 is 56.9. The van der Waals surface area contributed by atoms with Crippen molar-refractivity contribution in [3.05, 3.63) is 82.4 Å². The Morgan fingerprint density at radius 1 is 0.879 bits per heavy atom. The number of nitrogens with zero attached hydrogens (tertiary/aromatic N) is 3. The van der Waals surface area contributed by atoms with Crippen LogP contribution in [-0.2, 0) is 0 Å². The number of pyridine rings is 1. The number of rotatable bonds is 5. The van der Waals surface area contributed by atoms with Gasteiger partial charge in [-0.1, -0.05) is 13.8 Å². The minimum absolute atomic E-state index is 0.00319. The Bertz CT molecular complexity index is 1380. The van der Waals surface area contributed by atoms with E-state index in [9.17, 15) is 27.5 Å². The summed E-state index contributed by atoms with van der Waals surface area (Å²) in [5, 5.41) is 9.79. The van der Waals surface area contributed by atoms with E-state index in [4.69, 9.17) is 0 Å². The van der Waals surface area contributed by atoms with Gasteiger partial charge < -0.3 is 5.11 Å². The first-order valence-corrected chi connectivity index (χ1v) is 10.1. The second-order valence-corrected chi connectivity index (χ2v) is 8.02. The van der Waals surface area contributed by atoms with Crippen molar-refractivity contribution in [1.29, 1.82) is 0 Å². The van der Waals surface area contributed by atoms with Crippen LogP contribution in [0.3, 0.4) is 0 Å². The molecular formula is C24H19F4N3O2. The lowest BCUT2D eigenvalue weighted by atomic mass is 10.0. The summed E-state index contributed by atoms with van der Waals surface area (Å²) in [6.07, 6.45) is 1.24. The van der Waals surface area contributed by atoms with Gasteiger partial charge in [0.1, 0.15) is 28.8 Å². The van der Waals surface area contributed by atoms with Gasteiger partial charge in [0.15, 0.2) is 0 Å². The molecule has 1 N–H and O–H groups in total. The van der Waals surface area contributed by atoms with E-state index in [-0.39, 0.29) is 45.9 Å². The lowest BCUT2D eigenvalue weighted by Crippen LogP contribution is -2.30. The van der Waals surface area contributed by atoms with Crippen LogP contribution in [-0.4, -0.2) is 26.2 Å². The highest BCUT2D eigenvalue weighted by Crippen LogP contribution is 2.31. The van der Waals surface area contributed by atoms with E-state index < -0.39 is 34.9 Å². The van der Waals surface area contributed by atoms with E-state index >= 15 is 0 Å². The fraction of sp³-hybridized carbons (Fsp3) is 0.208. The zero-order valence-electron chi connectivity index (χ0n) is 17.7. The van der Waals surface area contributed by atoms with E-state index in [0.717, 1.165) is 24.3 Å². The molecule has 0 bridgehead atoms. The van der Waals surface area contributed by atoms with Gasteiger partial charge in [0.05, 0.1) is 35.8 Å². The summed E-state index contributed by atoms with van der Waals surface area (Å²) >= 11 is 0. The van der Waals surface area contributed by atoms with Gasteiger partial charge in [-0.25, -0.2) is 27.5 Å². The zero-order valence-corrected chi connectivity index (χ0v) is 17.7. The average Bonchev–Trinajstić information content (AvgIpc) is 2.73. The summed E-state index contributed by atoms with van der Waals surface area (Å²) in [4.78, 5) is 22.0. The maximum absolute atomic E-state index is 13.9. The molecule has 4 rings (SSSR count). The lowest BCUT2D eigenvalue weighted by Gasteiger charge is -2.21. The summed E-state index contributed by atoms with van der Waals surface area (Å²) in [6, 6.07) is 6.25. The fourth-order valence-corrected chi connectivity index (χ4v) is 3.74. The maximum Gasteiger partial charge on any atom is 0.261 e. The molecule has 0 aliphatic heterocycles. The predicted molar refractivity (Wildman–Crippen MR) is 115 cm³/mol. The monoisotopic (exact) mass is 457 g/mol. The number of aromatic nitrogens is 3. The van der Waals surface area contributed by atoms with Gasteiger partial charge in [-0.3, -0.25) is 9.36 Å². The fourth-order valence-electron chi connectivity index (χ4n) is 3.74. The maximum atomic E-state index is 13.9. The van der Waals surface area contributed by atoms with Crippen LogP contribution in [0.2, 0.25) is 0 Å². The van der Waals surface area contributed by atoms with Crippen LogP contribution in [0, 0.1) is 29.2 Å². The van der Waals surface area contributed by atoms with Gasteiger partial charge in [-0.05, 0) is 36.2 Å². The molecule has 170 valence electrons. The molecule has 2 heterocycles. The van der Waals surface area contributed by atoms with Crippen molar-refractivity contribution in [3.63, 3.8) is 0 Å². The second-order valence-electron chi connectivity index (χ2n) is 8.02. The highest BCUT2D eigenvalue weighted by Gasteiger charge is 2.21. The molecule has 0 unspecified atom stereocenters. The number of hydrogen-bond donors (Lipinski definition) is 1. The molecule has 2 aromatic heterocycles. The van der Waals surface area contributed by atoms with Crippen LogP contribution in [0.5, 0.6) is 0 Å². The molecule has 0 aliphatic rings. The summed E-state index contributed by atoms with van der Waals surface area (Å²) in [5.74, 6) is -3.54. The molecule has 0 fully saturated rings. The van der Waals surface area contributed by atoms with Crippen LogP contribution in [0.1, 0.15) is 19.9 Å². The number of hydrogen-bond acceptors (Lipinski definition) is 4. The van der Waals surface area contributed by atoms with E-state index in [2.05, 4.69) is 9.97 Å². The molecule has 0 spiro atoms. The number of benzene rings is 2. The van der Waals surface area contributed by atoms with E-state index in [1.165, 1.54) is 17.0 Å². The Kier molecular flexibility index (Phi) is 5.99. The van der Waals surface area contributed by atoms with Crippen molar-refractivity contribution in [2.24, 2.45) is 5.92 Å². The molecular weight excluding hydrogens is 438 g/mol. The van der Waals surface area contributed by atoms with E-state index in [0.29, 0.717) is 12.1 Å². The SMILES string of the molecule is CC(C)[C@@H](CO)n1cnc2c(-c3cc(F)cc(F)c3)nc(-c3cc(F)cc(F)c3)cc2c1=O. The van der Waals surface area contributed by atoms with Crippen LogP contribution in [0.25, 0.3) is 33.4 Å². The molecule has 0 aliphatic carbocycles. The third-order valence-electron chi connectivity index (χ3n) is 5.38. The van der Waals surface area contributed by atoms with Gasteiger partial charge >= 0.3 is 0 Å². The number of fused-ring (bicyclic) bond motifs is 1. The average molecular weight is 457 g/mol. The largest absolute Gasteiger partial charge is 0.394 e. The van der Waals surface area contributed by atoms with Gasteiger partial charge in [0.25, 0.3) is 5.56 Å². The molecule has 0 amide bonds. The van der Waals surface area contributed by atoms with Crippen molar-refractivity contribution in [2.75, 3.05) is 6.61 Å². The van der Waals surface area contributed by atoms with Crippen LogP contribution in [0.15, 0.2) is 53.6 Å². The number of aliphatic hydroxyl groups excluding tert-OH is 1. The van der Waals surface area contributed by atoms with Crippen LogP contribution >= 0.6 is 0 Å². The second kappa shape index (κ2) is 8.74. The van der Waals surface area contributed by atoms with Gasteiger partial charge in [0.2, 0.25) is 0 Å². The molecule has 33 heavy (non-hydrogen) atoms. The minimum atomic E-state index is -0.865. The van der Waals surface area contributed by atoms with Gasteiger partial charge in [-0.15, -0.1) is 0 Å². The topological polar surface area (TPSA) is 68.0 Å². The molecule has 5 nitrogen and oxygen atoms in total. The third-order valence-corrected chi connectivity index (χ3v) is 5.38. The number of aliphatic hydroxyl groups is 1. The summed E-state index contributed by atoms with van der Waals surface area (Å²) in [6.45, 7) is 3.33. The van der Waals surface area contributed by atoms with Gasteiger partial charge in [0, 0.05) is 23.3 Å². The van der Waals surface area contributed by atoms with Gasteiger partial charge in [-0.2, -0.15) is 0 Å². The standard InChI is InChI=1S/C24H19F4N3O2/c1-12(2)21(10-32)31-11-29-23-19(24(31)33)9-20(13-3-15(25)7-16(26)4-13)30-22(23)14-5-17(27)8-18(28)6-14/h3-9,11-12,21,32H,10H2,1-2H3/t21-/m1/s1. The first-order chi connectivity index (χ1) is 15.7. The molecule has 4 aromatic rings. The van der Waals surface area contributed by atoms with Crippen molar-refractivity contribution >= 4 is 10.9 Å². The lowest BCUT2D eigenvalue weighted by molar-refractivity contribution is 0.189. The first kappa shape index (κ1) is 22.6. The van der Waals surface area contributed by atoms with Crippen molar-refractivity contribution in [2.45, 2.75) is 19.9 Å². The van der Waals surface area contributed by atoms with Crippen molar-refractivity contribution < 1.29 is 22.7 Å². The molecule has 0 saturated heterocycles. The highest BCUT2D eigenvalue weighted by atomic mass is 19.1. The highest BCUT2D eigenvalue weighted by molar-refractivity contribution is 5.93. The Labute approximate surface area is 186 Å². The van der Waals surface area contributed by atoms with Crippen molar-refractivity contribution in [1.82, 2.24) is 14.5 Å². The molecule has 2 aromatic carbocycles. The summed E-state index contributed by atoms with van der Waals surface area (Å²) in [5.41, 5.74) is -0.454. The predicted octanol–water partition coefficient (Wildman–Crippen LogP) is 4.87. The number of halogens is 4. The Balaban J connectivity index is 2.08. The van der Waals surface area contributed by atoms with E-state index in [1.54, 1.807) is 0 Å². The third kappa shape index (κ3) is 4.36. The zero-order chi connectivity index (χ0) is 23.9. The van der Waals surface area contributed by atoms with Crippen LogP contribution < -0.4 is 5.56 Å². The molecule has 0 radical (unpaired) electrons. The smallest absolute Gasteiger partial charge is 0.261 e. The molecule has 9 heteroatoms. The van der Waals surface area contributed by atoms with E-state index in [1.807, 2.05) is 13.8 Å². The minimum Gasteiger partial charge on any atom is -0.394 e. The first-order valence-electron chi connectivity index (χ1n) is 10.1. The Morgan fingerprint density at radius 3 is 1.94 bits per heavy atom. The normalized spacial score (nSPS) is 12.5. The summed E-state index contributed by atoms with van der Waals surface area (Å²) in [7, 11) is 0. The van der Waals surface area contributed by atoms with Crippen LogP contribution in [0.4, 0.5) is 17.6 Å². The Hall–Kier alpha value is -3.59. The Morgan fingerprint density at radius 2 is 1.42 bits per heavy atom. The molecule has 1 atom stereocenters. The van der Waals surface area contributed by atoms with Crippen molar-refractivity contribution in [3.8, 4) is 22.5 Å². The quantitative estimate of drug-likeness (QED) is 0.434.